The number of H-pyrrole nitrogens is 1. The topological polar surface area (TPSA) is 83.8 Å². The number of aryl methyl sites for hydroxylation is 2. The van der Waals surface area contributed by atoms with Crippen molar-refractivity contribution < 1.29 is 0 Å². The molecule has 2 aliphatic rings. The Kier molecular flexibility index (Phi) is 3.00. The van der Waals surface area contributed by atoms with E-state index in [9.17, 15) is 0 Å². The fraction of sp³-hybridized carbons (Fsp3) is 0.158. The van der Waals surface area contributed by atoms with Crippen molar-refractivity contribution in [2.45, 2.75) is 13.8 Å². The van der Waals surface area contributed by atoms with Crippen molar-refractivity contribution in [2.24, 2.45) is 12.0 Å². The zero-order chi connectivity index (χ0) is 17.8. The van der Waals surface area contributed by atoms with Gasteiger partial charge >= 0.3 is 0 Å². The average molecular weight is 343 g/mol. The highest BCUT2D eigenvalue weighted by Crippen LogP contribution is 2.39. The van der Waals surface area contributed by atoms with E-state index in [4.69, 9.17) is 9.98 Å². The van der Waals surface area contributed by atoms with Crippen LogP contribution in [-0.4, -0.2) is 30.6 Å². The van der Waals surface area contributed by atoms with Crippen LogP contribution in [0.4, 0.5) is 5.69 Å². The van der Waals surface area contributed by atoms with E-state index in [1.54, 1.807) is 12.4 Å². The van der Waals surface area contributed by atoms with E-state index in [-0.39, 0.29) is 0 Å². The standard InChI is InChI=1S/C19H17N7/c1-10-15(11(2)26(3)25-10)19-23-16-12-6-8-20-9-14(12)22-18-13(17(16)24-19)5-4-7-21-18/h4-9H,1-3H3,(H,21,22)(H,23,24). The summed E-state index contributed by atoms with van der Waals surface area (Å²) in [6.45, 7) is 4.06. The molecule has 5 heterocycles. The van der Waals surface area contributed by atoms with Gasteiger partial charge in [0.2, 0.25) is 0 Å². The van der Waals surface area contributed by atoms with E-state index in [2.05, 4.69) is 27.3 Å². The number of aromatic amines is 1. The summed E-state index contributed by atoms with van der Waals surface area (Å²) in [5.74, 6) is 1.59. The highest BCUT2D eigenvalue weighted by Gasteiger charge is 2.27. The monoisotopic (exact) mass is 343 g/mol. The third-order valence-electron chi connectivity index (χ3n) is 4.84. The van der Waals surface area contributed by atoms with Crippen LogP contribution < -0.4 is 5.32 Å². The zero-order valence-electron chi connectivity index (χ0n) is 14.7. The predicted octanol–water partition coefficient (Wildman–Crippen LogP) is 3.03. The Bertz CT molecular complexity index is 1140. The number of dihydropyridines is 1. The maximum atomic E-state index is 4.95. The van der Waals surface area contributed by atoms with Crippen molar-refractivity contribution in [3.63, 3.8) is 0 Å². The molecule has 3 aromatic rings. The number of amidine groups is 1. The molecule has 26 heavy (non-hydrogen) atoms. The largest absolute Gasteiger partial charge is 0.346 e. The summed E-state index contributed by atoms with van der Waals surface area (Å²) < 4.78 is 1.88. The lowest BCUT2D eigenvalue weighted by atomic mass is 10.0. The van der Waals surface area contributed by atoms with Gasteiger partial charge in [-0.05, 0) is 32.1 Å². The van der Waals surface area contributed by atoms with Crippen molar-refractivity contribution in [3.05, 3.63) is 53.9 Å². The molecule has 0 aliphatic carbocycles. The van der Waals surface area contributed by atoms with Crippen LogP contribution in [-0.2, 0) is 7.05 Å². The second-order valence-corrected chi connectivity index (χ2v) is 6.42. The normalized spacial score (nSPS) is 14.6. The molecule has 2 aliphatic heterocycles. The maximum absolute atomic E-state index is 4.95. The first-order valence-corrected chi connectivity index (χ1v) is 8.41. The third-order valence-corrected chi connectivity index (χ3v) is 4.84. The predicted molar refractivity (Wildman–Crippen MR) is 101 cm³/mol. The summed E-state index contributed by atoms with van der Waals surface area (Å²) in [6.07, 6.45) is 9.41. The lowest BCUT2D eigenvalue weighted by molar-refractivity contribution is 0.731. The van der Waals surface area contributed by atoms with Crippen LogP contribution in [0.2, 0.25) is 0 Å². The number of pyridine rings is 1. The fourth-order valence-corrected chi connectivity index (χ4v) is 3.52. The molecule has 0 bridgehead atoms. The van der Waals surface area contributed by atoms with Crippen LogP contribution in [0.5, 0.6) is 0 Å². The molecule has 0 fully saturated rings. The van der Waals surface area contributed by atoms with Gasteiger partial charge in [-0.3, -0.25) is 9.67 Å². The summed E-state index contributed by atoms with van der Waals surface area (Å²) in [5.41, 5.74) is 7.64. The minimum absolute atomic E-state index is 0.776. The number of hydrogen-bond donors (Lipinski definition) is 2. The first kappa shape index (κ1) is 14.8. The lowest BCUT2D eigenvalue weighted by Gasteiger charge is -2.10. The first-order chi connectivity index (χ1) is 12.6. The van der Waals surface area contributed by atoms with E-state index < -0.39 is 0 Å². The quantitative estimate of drug-likeness (QED) is 0.711. The van der Waals surface area contributed by atoms with Crippen molar-refractivity contribution in [2.75, 3.05) is 0 Å². The number of allylic oxidation sites excluding steroid dienone is 2. The summed E-state index contributed by atoms with van der Waals surface area (Å²) >= 11 is 0. The van der Waals surface area contributed by atoms with Gasteiger partial charge in [-0.2, -0.15) is 5.10 Å². The molecule has 5 rings (SSSR count). The van der Waals surface area contributed by atoms with Crippen LogP contribution in [0, 0.1) is 13.8 Å². The van der Waals surface area contributed by atoms with Gasteiger partial charge in [0, 0.05) is 36.3 Å². The number of aromatic nitrogens is 5. The molecule has 128 valence electrons. The number of nitrogens with one attached hydrogen (secondary N) is 2. The molecule has 0 saturated heterocycles. The molecule has 7 heteroatoms. The van der Waals surface area contributed by atoms with Gasteiger partial charge in [-0.15, -0.1) is 0 Å². The molecule has 0 unspecified atom stereocenters. The van der Waals surface area contributed by atoms with Gasteiger partial charge in [0.05, 0.1) is 28.8 Å². The van der Waals surface area contributed by atoms with Crippen molar-refractivity contribution >= 4 is 17.1 Å². The second-order valence-electron chi connectivity index (χ2n) is 6.42. The fourth-order valence-electron chi connectivity index (χ4n) is 3.52. The molecule has 7 nitrogen and oxygen atoms in total. The number of aliphatic imine (C=N–C) groups is 1. The Balaban J connectivity index is 1.82. The smallest absolute Gasteiger partial charge is 0.142 e. The molecule has 2 N–H and O–H groups in total. The number of imidazole rings is 1. The second kappa shape index (κ2) is 5.26. The van der Waals surface area contributed by atoms with Crippen molar-refractivity contribution in [3.8, 4) is 22.6 Å². The van der Waals surface area contributed by atoms with Crippen LogP contribution in [0.1, 0.15) is 17.1 Å². The molecule has 0 spiro atoms. The van der Waals surface area contributed by atoms with E-state index >= 15 is 0 Å². The summed E-state index contributed by atoms with van der Waals surface area (Å²) in [5, 5.41) is 7.74. The highest BCUT2D eigenvalue weighted by atomic mass is 15.3. The van der Waals surface area contributed by atoms with Crippen molar-refractivity contribution in [1.29, 1.82) is 0 Å². The van der Waals surface area contributed by atoms with E-state index in [1.165, 1.54) is 0 Å². The number of fused-ring (bicyclic) bond motifs is 5. The SMILES string of the molecule is Cc1nn(C)c(C)c1-c1nc2c([nH]1)-c1ccncc1N=C1NC=CC=C12. The Morgan fingerprint density at radius 3 is 2.88 bits per heavy atom. The average Bonchev–Trinajstić information content (AvgIpc) is 3.13. The van der Waals surface area contributed by atoms with Crippen LogP contribution >= 0.6 is 0 Å². The number of hydrogen-bond acceptors (Lipinski definition) is 5. The van der Waals surface area contributed by atoms with Gasteiger partial charge < -0.3 is 10.3 Å². The van der Waals surface area contributed by atoms with Crippen LogP contribution in [0.3, 0.4) is 0 Å². The minimum Gasteiger partial charge on any atom is -0.346 e. The Morgan fingerprint density at radius 2 is 2.08 bits per heavy atom. The van der Waals surface area contributed by atoms with Gasteiger partial charge in [-0.1, -0.05) is 0 Å². The summed E-state index contributed by atoms with van der Waals surface area (Å²) in [7, 11) is 1.95. The molecule has 0 amide bonds. The minimum atomic E-state index is 0.776. The highest BCUT2D eigenvalue weighted by molar-refractivity contribution is 6.26. The van der Waals surface area contributed by atoms with Gasteiger partial charge in [0.15, 0.2) is 0 Å². The molecule has 0 aromatic carbocycles. The maximum Gasteiger partial charge on any atom is 0.142 e. The summed E-state index contributed by atoms with van der Waals surface area (Å²) in [6, 6.07) is 1.97. The number of rotatable bonds is 1. The molecular weight excluding hydrogens is 326 g/mol. The van der Waals surface area contributed by atoms with Gasteiger partial charge in [-0.25, -0.2) is 9.98 Å². The lowest BCUT2D eigenvalue weighted by Crippen LogP contribution is -2.21. The Labute approximate surface area is 150 Å². The Hall–Kier alpha value is -3.48. The summed E-state index contributed by atoms with van der Waals surface area (Å²) in [4.78, 5) is 17.4. The van der Waals surface area contributed by atoms with Crippen LogP contribution in [0.15, 0.2) is 41.8 Å². The Morgan fingerprint density at radius 1 is 1.19 bits per heavy atom. The third kappa shape index (κ3) is 2.00. The molecule has 0 atom stereocenters. The van der Waals surface area contributed by atoms with E-state index in [1.807, 2.05) is 43.1 Å². The van der Waals surface area contributed by atoms with Crippen molar-refractivity contribution in [1.82, 2.24) is 30.0 Å². The first-order valence-electron chi connectivity index (χ1n) is 8.41. The van der Waals surface area contributed by atoms with E-state index in [0.717, 1.165) is 56.8 Å². The molecule has 0 radical (unpaired) electrons. The zero-order valence-corrected chi connectivity index (χ0v) is 14.7. The van der Waals surface area contributed by atoms with Crippen LogP contribution in [0.25, 0.3) is 28.2 Å². The van der Waals surface area contributed by atoms with Gasteiger partial charge in [0.25, 0.3) is 0 Å². The van der Waals surface area contributed by atoms with Gasteiger partial charge in [0.1, 0.15) is 17.4 Å². The molecule has 0 saturated carbocycles. The molecular formula is C19H17N7. The molecule has 3 aromatic heterocycles. The van der Waals surface area contributed by atoms with E-state index in [0.29, 0.717) is 0 Å². The number of nitrogens with zero attached hydrogens (tertiary/aromatic N) is 5.